The molecule has 1 unspecified atom stereocenters. The maximum Gasteiger partial charge on any atom is 0.252 e. The number of hydrogen-bond acceptors (Lipinski definition) is 5. The smallest absolute Gasteiger partial charge is 0.252 e. The van der Waals surface area contributed by atoms with Gasteiger partial charge in [0.1, 0.15) is 0 Å². The maximum atomic E-state index is 12.5. The third-order valence-electron chi connectivity index (χ3n) is 4.19. The van der Waals surface area contributed by atoms with Crippen LogP contribution in [0.2, 0.25) is 0 Å². The van der Waals surface area contributed by atoms with E-state index < -0.39 is 0 Å². The van der Waals surface area contributed by atoms with E-state index in [9.17, 15) is 4.79 Å². The Hall–Kier alpha value is -2.25. The Kier molecular flexibility index (Phi) is 5.15. The second-order valence-electron chi connectivity index (χ2n) is 6.57. The van der Waals surface area contributed by atoms with E-state index >= 15 is 0 Å². The van der Waals surface area contributed by atoms with E-state index in [4.69, 9.17) is 0 Å². The van der Waals surface area contributed by atoms with Gasteiger partial charge >= 0.3 is 0 Å². The van der Waals surface area contributed by atoms with E-state index in [1.54, 1.807) is 23.7 Å². The zero-order valence-electron chi connectivity index (χ0n) is 14.9. The van der Waals surface area contributed by atoms with E-state index in [2.05, 4.69) is 51.0 Å². The van der Waals surface area contributed by atoms with E-state index in [0.29, 0.717) is 12.1 Å². The van der Waals surface area contributed by atoms with Gasteiger partial charge in [-0.2, -0.15) is 16.4 Å². The Bertz CT molecular complexity index is 854. The summed E-state index contributed by atoms with van der Waals surface area (Å²) < 4.78 is 1.86. The predicted octanol–water partition coefficient (Wildman–Crippen LogP) is 3.11. The van der Waals surface area contributed by atoms with Crippen molar-refractivity contribution >= 4 is 28.3 Å². The highest BCUT2D eigenvalue weighted by atomic mass is 32.1. The van der Waals surface area contributed by atoms with Crippen LogP contribution in [0, 0.1) is 0 Å². The molecule has 0 bridgehead atoms. The van der Waals surface area contributed by atoms with Crippen LogP contribution in [0.15, 0.2) is 35.3 Å². The van der Waals surface area contributed by atoms with Crippen molar-refractivity contribution in [1.29, 1.82) is 0 Å². The first kappa shape index (κ1) is 17.6. The lowest BCUT2D eigenvalue weighted by Gasteiger charge is -2.24. The molecule has 0 aliphatic carbocycles. The number of thiophene rings is 1. The molecular formula is C18H23N5OS. The number of carbonyl (C=O) groups excluding carboxylic acids is 1. The van der Waals surface area contributed by atoms with Crippen molar-refractivity contribution in [2.45, 2.75) is 25.9 Å². The first-order valence-corrected chi connectivity index (χ1v) is 9.21. The highest BCUT2D eigenvalue weighted by molar-refractivity contribution is 7.07. The third kappa shape index (κ3) is 3.72. The molecule has 6 nitrogen and oxygen atoms in total. The Balaban J connectivity index is 1.73. The normalized spacial score (nSPS) is 12.9. The fourth-order valence-corrected chi connectivity index (χ4v) is 3.50. The second-order valence-corrected chi connectivity index (χ2v) is 7.35. The zero-order valence-corrected chi connectivity index (χ0v) is 15.7. The number of pyridine rings is 1. The summed E-state index contributed by atoms with van der Waals surface area (Å²) in [5, 5.41) is 12.4. The van der Waals surface area contributed by atoms with Crippen LogP contribution in [-0.2, 0) is 0 Å². The standard InChI is InChI=1S/C18H23N5OS/c1-12(2)23-17-14(9-21-23)7-15(8-19-17)18(24)20-10-16(22(3)4)13-5-6-25-11-13/h5-9,11-12,16H,10H2,1-4H3,(H,20,24). The lowest BCUT2D eigenvalue weighted by Crippen LogP contribution is -2.34. The number of aromatic nitrogens is 3. The number of fused-ring (bicyclic) bond motifs is 1. The summed E-state index contributed by atoms with van der Waals surface area (Å²) in [5.41, 5.74) is 2.57. The molecular weight excluding hydrogens is 334 g/mol. The van der Waals surface area contributed by atoms with Crippen LogP contribution in [0.3, 0.4) is 0 Å². The van der Waals surface area contributed by atoms with Gasteiger partial charge in [0.2, 0.25) is 0 Å². The van der Waals surface area contributed by atoms with Crippen molar-refractivity contribution in [3.05, 3.63) is 46.4 Å². The number of likely N-dealkylation sites (N-methyl/N-ethyl adjacent to an activating group) is 1. The van der Waals surface area contributed by atoms with E-state index in [-0.39, 0.29) is 18.0 Å². The number of rotatable bonds is 6. The monoisotopic (exact) mass is 357 g/mol. The Morgan fingerprint density at radius 3 is 2.80 bits per heavy atom. The number of amides is 1. The van der Waals surface area contributed by atoms with E-state index in [1.807, 2.05) is 24.8 Å². The quantitative estimate of drug-likeness (QED) is 0.736. The molecule has 3 rings (SSSR count). The summed E-state index contributed by atoms with van der Waals surface area (Å²) in [7, 11) is 4.03. The van der Waals surface area contributed by atoms with Crippen molar-refractivity contribution in [3.8, 4) is 0 Å². The average molecular weight is 357 g/mol. The molecule has 3 heterocycles. The van der Waals surface area contributed by atoms with Gasteiger partial charge in [-0.15, -0.1) is 0 Å². The molecule has 0 saturated heterocycles. The summed E-state index contributed by atoms with van der Waals surface area (Å²) in [4.78, 5) is 19.1. The van der Waals surface area contributed by atoms with Crippen molar-refractivity contribution < 1.29 is 4.79 Å². The van der Waals surface area contributed by atoms with Crippen LogP contribution >= 0.6 is 11.3 Å². The highest BCUT2D eigenvalue weighted by Gasteiger charge is 2.17. The minimum absolute atomic E-state index is 0.117. The molecule has 1 amide bonds. The van der Waals surface area contributed by atoms with E-state index in [1.165, 1.54) is 5.56 Å². The fraction of sp³-hybridized carbons (Fsp3) is 0.389. The van der Waals surface area contributed by atoms with Crippen LogP contribution in [0.5, 0.6) is 0 Å². The minimum Gasteiger partial charge on any atom is -0.350 e. The Morgan fingerprint density at radius 2 is 2.16 bits per heavy atom. The summed E-state index contributed by atoms with van der Waals surface area (Å²) in [6.45, 7) is 4.66. The van der Waals surface area contributed by atoms with Crippen molar-refractivity contribution in [3.63, 3.8) is 0 Å². The molecule has 7 heteroatoms. The zero-order chi connectivity index (χ0) is 18.0. The number of nitrogens with zero attached hydrogens (tertiary/aromatic N) is 4. The number of nitrogens with one attached hydrogen (secondary N) is 1. The summed E-state index contributed by atoms with van der Waals surface area (Å²) in [6.07, 6.45) is 3.38. The van der Waals surface area contributed by atoms with Gasteiger partial charge in [-0.25, -0.2) is 9.67 Å². The molecule has 1 N–H and O–H groups in total. The van der Waals surface area contributed by atoms with Crippen molar-refractivity contribution in [1.82, 2.24) is 25.0 Å². The molecule has 3 aromatic rings. The van der Waals surface area contributed by atoms with Crippen LogP contribution in [0.25, 0.3) is 11.0 Å². The molecule has 25 heavy (non-hydrogen) atoms. The molecule has 0 aliphatic rings. The molecule has 3 aromatic heterocycles. The molecule has 1 atom stereocenters. The molecule has 0 aromatic carbocycles. The van der Waals surface area contributed by atoms with Crippen LogP contribution in [0.1, 0.15) is 41.9 Å². The third-order valence-corrected chi connectivity index (χ3v) is 4.89. The summed E-state index contributed by atoms with van der Waals surface area (Å²) in [6, 6.07) is 4.32. The van der Waals surface area contributed by atoms with Gasteiger partial charge in [0.25, 0.3) is 5.91 Å². The van der Waals surface area contributed by atoms with Gasteiger partial charge < -0.3 is 10.2 Å². The Morgan fingerprint density at radius 1 is 1.36 bits per heavy atom. The topological polar surface area (TPSA) is 63.1 Å². The van der Waals surface area contributed by atoms with Gasteiger partial charge in [-0.1, -0.05) is 0 Å². The molecule has 0 aliphatic heterocycles. The lowest BCUT2D eigenvalue weighted by molar-refractivity contribution is 0.0942. The first-order chi connectivity index (χ1) is 12.0. The van der Waals surface area contributed by atoms with Crippen LogP contribution < -0.4 is 5.32 Å². The maximum absolute atomic E-state index is 12.5. The highest BCUT2D eigenvalue weighted by Crippen LogP contribution is 2.20. The van der Waals surface area contributed by atoms with Crippen LogP contribution in [-0.4, -0.2) is 46.2 Å². The van der Waals surface area contributed by atoms with Gasteiger partial charge in [-0.05, 0) is 56.4 Å². The van der Waals surface area contributed by atoms with Gasteiger partial charge in [-0.3, -0.25) is 4.79 Å². The van der Waals surface area contributed by atoms with E-state index in [0.717, 1.165) is 11.0 Å². The van der Waals surface area contributed by atoms with Gasteiger partial charge in [0, 0.05) is 24.2 Å². The summed E-state index contributed by atoms with van der Waals surface area (Å²) >= 11 is 1.66. The molecule has 0 spiro atoms. The minimum atomic E-state index is -0.117. The fourth-order valence-electron chi connectivity index (χ4n) is 2.80. The lowest BCUT2D eigenvalue weighted by atomic mass is 10.1. The van der Waals surface area contributed by atoms with Gasteiger partial charge in [0.15, 0.2) is 5.65 Å². The predicted molar refractivity (Wildman–Crippen MR) is 101 cm³/mol. The number of hydrogen-bond donors (Lipinski definition) is 1. The largest absolute Gasteiger partial charge is 0.350 e. The summed E-state index contributed by atoms with van der Waals surface area (Å²) in [5.74, 6) is -0.117. The first-order valence-electron chi connectivity index (χ1n) is 8.27. The second kappa shape index (κ2) is 7.33. The van der Waals surface area contributed by atoms with Crippen molar-refractivity contribution in [2.75, 3.05) is 20.6 Å². The Labute approximate surface area is 151 Å². The average Bonchev–Trinajstić information content (AvgIpc) is 3.23. The van der Waals surface area contributed by atoms with Crippen molar-refractivity contribution in [2.24, 2.45) is 0 Å². The molecule has 0 radical (unpaired) electrons. The molecule has 0 saturated carbocycles. The molecule has 132 valence electrons. The van der Waals surface area contributed by atoms with Crippen LogP contribution in [0.4, 0.5) is 0 Å². The molecule has 0 fully saturated rings. The van der Waals surface area contributed by atoms with Gasteiger partial charge in [0.05, 0.1) is 17.8 Å². The number of carbonyl (C=O) groups is 1. The SMILES string of the molecule is CC(C)n1ncc2cc(C(=O)NCC(c3ccsc3)N(C)C)cnc21.